The van der Waals surface area contributed by atoms with Crippen molar-refractivity contribution in [2.75, 3.05) is 19.7 Å². The smallest absolute Gasteiger partial charge is 0.257 e. The number of piperazine rings is 1. The Hall–Kier alpha value is -4.05. The molecule has 4 aromatic rings. The zero-order valence-corrected chi connectivity index (χ0v) is 27.1. The normalized spacial score (nSPS) is 18.4. The van der Waals surface area contributed by atoms with Gasteiger partial charge in [0.1, 0.15) is 17.3 Å². The first-order valence-electron chi connectivity index (χ1n) is 15.4. The van der Waals surface area contributed by atoms with Gasteiger partial charge in [0, 0.05) is 43.5 Å². The van der Waals surface area contributed by atoms with Crippen molar-refractivity contribution in [1.29, 1.82) is 0 Å². The molecule has 3 atom stereocenters. The zero-order chi connectivity index (χ0) is 31.8. The van der Waals surface area contributed by atoms with E-state index in [9.17, 15) is 9.18 Å². The van der Waals surface area contributed by atoms with Crippen LogP contribution in [-0.4, -0.2) is 72.3 Å². The number of para-hydroxylation sites is 1. The highest BCUT2D eigenvalue weighted by Crippen LogP contribution is 2.34. The van der Waals surface area contributed by atoms with E-state index in [1.807, 2.05) is 77.8 Å². The number of nitrogens with zero attached hydrogens (tertiary/aromatic N) is 7. The second-order valence-corrected chi connectivity index (χ2v) is 12.9. The first-order chi connectivity index (χ1) is 20.9. The van der Waals surface area contributed by atoms with Crippen molar-refractivity contribution >= 4 is 5.91 Å². The lowest BCUT2D eigenvalue weighted by atomic mass is 10.0. The summed E-state index contributed by atoms with van der Waals surface area (Å²) in [6.45, 7) is 18.7. The average Bonchev–Trinajstić information content (AvgIpc) is 3.63. The van der Waals surface area contributed by atoms with Gasteiger partial charge < -0.3 is 9.64 Å². The van der Waals surface area contributed by atoms with Gasteiger partial charge in [-0.15, -0.1) is 5.10 Å². The molecule has 2 aromatic carbocycles. The van der Waals surface area contributed by atoms with Crippen molar-refractivity contribution in [2.24, 2.45) is 0 Å². The maximum absolute atomic E-state index is 14.2. The fourth-order valence-corrected chi connectivity index (χ4v) is 6.03. The van der Waals surface area contributed by atoms with Gasteiger partial charge in [-0.05, 0) is 90.8 Å². The second-order valence-electron chi connectivity index (χ2n) is 12.9. The maximum Gasteiger partial charge on any atom is 0.257 e. The molecule has 5 rings (SSSR count). The Bertz CT molecular complexity index is 1610. The van der Waals surface area contributed by atoms with Gasteiger partial charge in [-0.1, -0.05) is 23.4 Å². The number of carbonyl (C=O) groups excluding carboxylic acids is 1. The SMILES string of the molecule is CCOc1ccccc1-c1nn(C(C)(C)C)cc1C(=O)N1C[C@@H](C)N(Cc2cn([C@@H](C)c3ccc(F)cc3C)nn2)[C@@H](C)C1. The summed E-state index contributed by atoms with van der Waals surface area (Å²) in [6.07, 6.45) is 3.85. The van der Waals surface area contributed by atoms with E-state index >= 15 is 0 Å². The third-order valence-corrected chi connectivity index (χ3v) is 8.44. The van der Waals surface area contributed by atoms with Crippen molar-refractivity contribution in [3.05, 3.63) is 83.1 Å². The lowest BCUT2D eigenvalue weighted by molar-refractivity contribution is 0.0264. The summed E-state index contributed by atoms with van der Waals surface area (Å²) in [7, 11) is 0. The largest absolute Gasteiger partial charge is 0.493 e. The summed E-state index contributed by atoms with van der Waals surface area (Å²) in [5.74, 6) is 0.439. The Balaban J connectivity index is 1.34. The molecule has 1 amide bonds. The Labute approximate surface area is 259 Å². The molecule has 0 saturated carbocycles. The van der Waals surface area contributed by atoms with E-state index in [0.29, 0.717) is 43.2 Å². The zero-order valence-electron chi connectivity index (χ0n) is 27.1. The van der Waals surface area contributed by atoms with E-state index in [-0.39, 0.29) is 35.4 Å². The number of amides is 1. The molecular weight excluding hydrogens is 557 g/mol. The number of hydrogen-bond donors (Lipinski definition) is 0. The highest BCUT2D eigenvalue weighted by atomic mass is 19.1. The van der Waals surface area contributed by atoms with Crippen LogP contribution in [-0.2, 0) is 12.1 Å². The molecule has 1 aliphatic heterocycles. The van der Waals surface area contributed by atoms with Crippen LogP contribution in [0.1, 0.15) is 81.7 Å². The van der Waals surface area contributed by atoms with Gasteiger partial charge in [-0.3, -0.25) is 14.4 Å². The molecule has 0 aliphatic carbocycles. The molecule has 1 fully saturated rings. The van der Waals surface area contributed by atoms with E-state index in [1.54, 1.807) is 6.07 Å². The van der Waals surface area contributed by atoms with E-state index < -0.39 is 0 Å². The van der Waals surface area contributed by atoms with Gasteiger partial charge >= 0.3 is 0 Å². The van der Waals surface area contributed by atoms with Crippen LogP contribution in [0.4, 0.5) is 4.39 Å². The van der Waals surface area contributed by atoms with Crippen LogP contribution in [0.25, 0.3) is 11.3 Å². The van der Waals surface area contributed by atoms with Crippen LogP contribution >= 0.6 is 0 Å². The van der Waals surface area contributed by atoms with Crippen LogP contribution in [0.15, 0.2) is 54.9 Å². The van der Waals surface area contributed by atoms with Gasteiger partial charge in [0.25, 0.3) is 5.91 Å². The highest BCUT2D eigenvalue weighted by Gasteiger charge is 2.35. The second kappa shape index (κ2) is 12.5. The predicted octanol–water partition coefficient (Wildman–Crippen LogP) is 6.09. The predicted molar refractivity (Wildman–Crippen MR) is 169 cm³/mol. The Morgan fingerprint density at radius 2 is 1.80 bits per heavy atom. The Morgan fingerprint density at radius 1 is 1.09 bits per heavy atom. The van der Waals surface area contributed by atoms with E-state index in [1.165, 1.54) is 6.07 Å². The minimum absolute atomic E-state index is 0.0328. The van der Waals surface area contributed by atoms with Crippen molar-refractivity contribution in [3.8, 4) is 17.0 Å². The lowest BCUT2D eigenvalue weighted by Crippen LogP contribution is -2.57. The topological polar surface area (TPSA) is 81.3 Å². The average molecular weight is 602 g/mol. The van der Waals surface area contributed by atoms with Crippen molar-refractivity contribution in [1.82, 2.24) is 34.6 Å². The molecule has 0 N–H and O–H groups in total. The molecule has 2 aromatic heterocycles. The molecule has 0 radical (unpaired) electrons. The Kier molecular flexibility index (Phi) is 8.92. The minimum atomic E-state index is -0.294. The molecule has 0 bridgehead atoms. The number of benzene rings is 2. The molecule has 0 unspecified atom stereocenters. The molecular formula is C34H44FN7O2. The molecule has 0 spiro atoms. The number of aryl methyl sites for hydroxylation is 1. The maximum atomic E-state index is 14.2. The lowest BCUT2D eigenvalue weighted by Gasteiger charge is -2.44. The third-order valence-electron chi connectivity index (χ3n) is 8.44. The van der Waals surface area contributed by atoms with Gasteiger partial charge in [-0.25, -0.2) is 9.07 Å². The van der Waals surface area contributed by atoms with Crippen LogP contribution in [0, 0.1) is 12.7 Å². The van der Waals surface area contributed by atoms with Crippen LogP contribution in [0.3, 0.4) is 0 Å². The first-order valence-corrected chi connectivity index (χ1v) is 15.4. The van der Waals surface area contributed by atoms with Crippen molar-refractivity contribution < 1.29 is 13.9 Å². The van der Waals surface area contributed by atoms with Gasteiger partial charge in [-0.2, -0.15) is 5.10 Å². The number of ether oxygens (including phenoxy) is 1. The van der Waals surface area contributed by atoms with Crippen molar-refractivity contribution in [2.45, 2.75) is 85.6 Å². The summed E-state index contributed by atoms with van der Waals surface area (Å²) in [6, 6.07) is 12.7. The molecule has 1 saturated heterocycles. The third kappa shape index (κ3) is 6.40. The van der Waals surface area contributed by atoms with Crippen molar-refractivity contribution in [3.63, 3.8) is 0 Å². The quantitative estimate of drug-likeness (QED) is 0.243. The summed E-state index contributed by atoms with van der Waals surface area (Å²) in [4.78, 5) is 18.5. The summed E-state index contributed by atoms with van der Waals surface area (Å²) in [5, 5.41) is 13.8. The molecule has 234 valence electrons. The standard InChI is InChI=1S/C34H44FN7O2/c1-9-44-31-13-11-10-12-29(31)32-30(21-42(37-32)34(6,7)8)33(43)39-17-23(3)40(24(4)18-39)19-27-20-41(38-36-27)25(5)28-15-14-26(35)16-22(28)2/h10-16,20-21,23-25H,9,17-19H2,1-8H3/t23-,24+,25-/m0/s1. The molecule has 3 heterocycles. The summed E-state index contributed by atoms with van der Waals surface area (Å²) in [5.41, 5.74) is 4.49. The van der Waals surface area contributed by atoms with Gasteiger partial charge in [0.2, 0.25) is 0 Å². The number of rotatable bonds is 8. The summed E-state index contributed by atoms with van der Waals surface area (Å²) < 4.78 is 23.3. The first kappa shape index (κ1) is 31.4. The number of carbonyl (C=O) groups is 1. The van der Waals surface area contributed by atoms with E-state index in [0.717, 1.165) is 22.4 Å². The monoisotopic (exact) mass is 601 g/mol. The highest BCUT2D eigenvalue weighted by molar-refractivity contribution is 6.00. The fraction of sp³-hybridized carbons (Fsp3) is 0.471. The van der Waals surface area contributed by atoms with Gasteiger partial charge in [0.15, 0.2) is 0 Å². The number of halogens is 1. The molecule has 10 heteroatoms. The van der Waals surface area contributed by atoms with Crippen LogP contribution in [0.2, 0.25) is 0 Å². The molecule has 9 nitrogen and oxygen atoms in total. The number of aromatic nitrogens is 5. The van der Waals surface area contributed by atoms with Gasteiger partial charge in [0.05, 0.1) is 35.6 Å². The Morgan fingerprint density at radius 3 is 2.45 bits per heavy atom. The van der Waals surface area contributed by atoms with E-state index in [2.05, 4.69) is 49.8 Å². The summed E-state index contributed by atoms with van der Waals surface area (Å²) >= 11 is 0. The number of hydrogen-bond acceptors (Lipinski definition) is 6. The molecule has 1 aliphatic rings. The van der Waals surface area contributed by atoms with Crippen LogP contribution < -0.4 is 4.74 Å². The minimum Gasteiger partial charge on any atom is -0.493 e. The van der Waals surface area contributed by atoms with Crippen LogP contribution in [0.5, 0.6) is 5.75 Å². The molecule has 44 heavy (non-hydrogen) atoms. The fourth-order valence-electron chi connectivity index (χ4n) is 6.03. The van der Waals surface area contributed by atoms with E-state index in [4.69, 9.17) is 9.84 Å².